The van der Waals surface area contributed by atoms with Crippen LogP contribution in [0.1, 0.15) is 79.8 Å². The Morgan fingerprint density at radius 2 is 1.79 bits per heavy atom. The number of piperidine rings is 2. The molecule has 1 aromatic rings. The second-order valence-electron chi connectivity index (χ2n) is 10.8. The van der Waals surface area contributed by atoms with Crippen LogP contribution in [0.15, 0.2) is 12.1 Å². The zero-order valence-electron chi connectivity index (χ0n) is 19.2. The van der Waals surface area contributed by atoms with Crippen LogP contribution in [0, 0.1) is 17.2 Å². The largest absolute Gasteiger partial charge is 0.342 e. The number of nitrogens with zero attached hydrogens (tertiary/aromatic N) is 2. The van der Waals surface area contributed by atoms with E-state index in [1.165, 1.54) is 11.0 Å². The van der Waals surface area contributed by atoms with Gasteiger partial charge in [-0.05, 0) is 60.6 Å². The van der Waals surface area contributed by atoms with Crippen molar-refractivity contribution in [3.05, 3.63) is 34.6 Å². The van der Waals surface area contributed by atoms with E-state index in [2.05, 4.69) is 19.2 Å². The molecule has 8 heteroatoms. The summed E-state index contributed by atoms with van der Waals surface area (Å²) >= 11 is 0. The molecule has 0 aromatic heterocycles. The van der Waals surface area contributed by atoms with Crippen LogP contribution in [-0.2, 0) is 20.9 Å². The second kappa shape index (κ2) is 7.92. The summed E-state index contributed by atoms with van der Waals surface area (Å²) in [5, 5.41) is 2.28. The average Bonchev–Trinajstić information content (AvgIpc) is 3.06. The van der Waals surface area contributed by atoms with Gasteiger partial charge in [0.05, 0.1) is 0 Å². The number of carbonyl (C=O) groups is 4. The summed E-state index contributed by atoms with van der Waals surface area (Å²) < 4.78 is 15.1. The van der Waals surface area contributed by atoms with E-state index in [-0.39, 0.29) is 54.4 Å². The lowest BCUT2D eigenvalue weighted by Crippen LogP contribution is -2.52. The summed E-state index contributed by atoms with van der Waals surface area (Å²) in [4.78, 5) is 52.7. The Bertz CT molecular complexity index is 1040. The van der Waals surface area contributed by atoms with E-state index >= 15 is 4.39 Å². The maximum Gasteiger partial charge on any atom is 0.255 e. The molecule has 0 bridgehead atoms. The van der Waals surface area contributed by atoms with E-state index in [1.807, 2.05) is 4.90 Å². The molecular formula is C25H30FN3O4. The highest BCUT2D eigenvalue weighted by atomic mass is 19.1. The Balaban J connectivity index is 1.26. The molecular weight excluding hydrogens is 425 g/mol. The zero-order valence-corrected chi connectivity index (χ0v) is 19.2. The first-order valence-corrected chi connectivity index (χ1v) is 11.9. The van der Waals surface area contributed by atoms with Gasteiger partial charge in [-0.3, -0.25) is 24.5 Å². The number of hydrogen-bond acceptors (Lipinski definition) is 4. The van der Waals surface area contributed by atoms with Crippen LogP contribution >= 0.6 is 0 Å². The predicted molar refractivity (Wildman–Crippen MR) is 118 cm³/mol. The van der Waals surface area contributed by atoms with Crippen LogP contribution in [0.25, 0.3) is 0 Å². The van der Waals surface area contributed by atoms with Crippen molar-refractivity contribution in [2.75, 3.05) is 13.1 Å². The summed E-state index contributed by atoms with van der Waals surface area (Å²) in [7, 11) is 0. The maximum atomic E-state index is 15.1. The van der Waals surface area contributed by atoms with Crippen LogP contribution in [-0.4, -0.2) is 52.6 Å². The van der Waals surface area contributed by atoms with Crippen molar-refractivity contribution >= 4 is 23.6 Å². The van der Waals surface area contributed by atoms with E-state index in [0.717, 1.165) is 18.4 Å². The Hall–Kier alpha value is -2.77. The number of likely N-dealkylation sites (tertiary alicyclic amines) is 1. The standard InChI is InChI=1S/C25H30FN3O4/c1-25(2)11-16(12-25)23(32)28-7-5-14(6-8-28)17-9-15-13-29(24(33)18(15)10-19(17)26)20-3-4-21(30)27-22(20)31/h9-10,14,16,20H,3-8,11-13H2,1-2H3,(H,27,30,31). The topological polar surface area (TPSA) is 86.8 Å². The number of rotatable bonds is 3. The van der Waals surface area contributed by atoms with Crippen molar-refractivity contribution in [3.63, 3.8) is 0 Å². The van der Waals surface area contributed by atoms with Crippen molar-refractivity contribution in [1.29, 1.82) is 0 Å². The van der Waals surface area contributed by atoms with Gasteiger partial charge in [-0.2, -0.15) is 0 Å². The van der Waals surface area contributed by atoms with Gasteiger partial charge in [-0.15, -0.1) is 0 Å². The van der Waals surface area contributed by atoms with Crippen molar-refractivity contribution in [3.8, 4) is 0 Å². The highest BCUT2D eigenvalue weighted by Crippen LogP contribution is 2.46. The molecule has 7 nitrogen and oxygen atoms in total. The Morgan fingerprint density at radius 3 is 2.42 bits per heavy atom. The first-order valence-electron chi connectivity index (χ1n) is 11.9. The molecule has 4 aliphatic rings. The normalized spacial score (nSPS) is 25.7. The summed E-state index contributed by atoms with van der Waals surface area (Å²) in [6, 6.07) is 2.36. The Kier molecular flexibility index (Phi) is 5.29. The van der Waals surface area contributed by atoms with Gasteiger partial charge in [-0.25, -0.2) is 4.39 Å². The van der Waals surface area contributed by atoms with E-state index in [1.54, 1.807) is 6.07 Å². The van der Waals surface area contributed by atoms with Gasteiger partial charge in [0.25, 0.3) is 5.91 Å². The van der Waals surface area contributed by atoms with E-state index < -0.39 is 17.8 Å². The first kappa shape index (κ1) is 22.0. The van der Waals surface area contributed by atoms with Crippen LogP contribution in [0.4, 0.5) is 4.39 Å². The molecule has 5 rings (SSSR count). The maximum absolute atomic E-state index is 15.1. The number of amides is 4. The lowest BCUT2D eigenvalue weighted by atomic mass is 9.64. The third-order valence-electron chi connectivity index (χ3n) is 7.83. The summed E-state index contributed by atoms with van der Waals surface area (Å²) in [6.07, 6.45) is 3.73. The zero-order chi connectivity index (χ0) is 23.5. The SMILES string of the molecule is CC1(C)CC(C(=O)N2CCC(c3cc4c(cc3F)C(=O)N(C3CCC(=O)NC3=O)C4)CC2)C1. The van der Waals surface area contributed by atoms with Gasteiger partial charge in [0, 0.05) is 37.5 Å². The smallest absolute Gasteiger partial charge is 0.255 e. The van der Waals surface area contributed by atoms with Crippen LogP contribution in [0.5, 0.6) is 0 Å². The molecule has 1 atom stereocenters. The van der Waals surface area contributed by atoms with Crippen molar-refractivity contribution in [1.82, 2.24) is 15.1 Å². The lowest BCUT2D eigenvalue weighted by Gasteiger charge is -2.44. The average molecular weight is 456 g/mol. The fourth-order valence-electron chi connectivity index (χ4n) is 6.04. The van der Waals surface area contributed by atoms with Gasteiger partial charge in [0.15, 0.2) is 0 Å². The number of benzene rings is 1. The molecule has 3 aliphatic heterocycles. The third kappa shape index (κ3) is 3.93. The lowest BCUT2D eigenvalue weighted by molar-refractivity contribution is -0.143. The first-order chi connectivity index (χ1) is 15.6. The number of nitrogens with one attached hydrogen (secondary N) is 1. The summed E-state index contributed by atoms with van der Waals surface area (Å²) in [6.45, 7) is 5.86. The molecule has 0 radical (unpaired) electrons. The van der Waals surface area contributed by atoms with E-state index in [0.29, 0.717) is 37.1 Å². The minimum atomic E-state index is -0.708. The third-order valence-corrected chi connectivity index (χ3v) is 7.83. The number of hydrogen-bond donors (Lipinski definition) is 1. The number of carbonyl (C=O) groups excluding carboxylic acids is 4. The number of imide groups is 1. The van der Waals surface area contributed by atoms with Gasteiger partial charge < -0.3 is 9.80 Å². The molecule has 176 valence electrons. The fourth-order valence-corrected chi connectivity index (χ4v) is 6.04. The van der Waals surface area contributed by atoms with Crippen molar-refractivity contribution in [2.45, 2.75) is 70.9 Å². The quantitative estimate of drug-likeness (QED) is 0.710. The highest BCUT2D eigenvalue weighted by Gasteiger charge is 2.43. The van der Waals surface area contributed by atoms with E-state index in [4.69, 9.17) is 0 Å². The Morgan fingerprint density at radius 1 is 1.09 bits per heavy atom. The van der Waals surface area contributed by atoms with Gasteiger partial charge in [0.1, 0.15) is 11.9 Å². The van der Waals surface area contributed by atoms with Gasteiger partial charge >= 0.3 is 0 Å². The van der Waals surface area contributed by atoms with Crippen molar-refractivity contribution < 1.29 is 23.6 Å². The number of fused-ring (bicyclic) bond motifs is 1. The van der Waals surface area contributed by atoms with Crippen LogP contribution in [0.2, 0.25) is 0 Å². The Labute approximate surface area is 192 Å². The van der Waals surface area contributed by atoms with Gasteiger partial charge in [0.2, 0.25) is 17.7 Å². The van der Waals surface area contributed by atoms with Crippen LogP contribution < -0.4 is 5.32 Å². The predicted octanol–water partition coefficient (Wildman–Crippen LogP) is 2.73. The summed E-state index contributed by atoms with van der Waals surface area (Å²) in [5.41, 5.74) is 1.85. The molecule has 1 unspecified atom stereocenters. The minimum Gasteiger partial charge on any atom is -0.342 e. The number of halogens is 1. The summed E-state index contributed by atoms with van der Waals surface area (Å²) in [5.74, 6) is -1.23. The monoisotopic (exact) mass is 455 g/mol. The molecule has 1 aromatic carbocycles. The van der Waals surface area contributed by atoms with Crippen LogP contribution in [0.3, 0.4) is 0 Å². The highest BCUT2D eigenvalue weighted by molar-refractivity contribution is 6.05. The molecule has 0 spiro atoms. The van der Waals surface area contributed by atoms with Gasteiger partial charge in [-0.1, -0.05) is 19.9 Å². The fraction of sp³-hybridized carbons (Fsp3) is 0.600. The molecule has 1 saturated carbocycles. The molecule has 3 heterocycles. The molecule has 2 saturated heterocycles. The molecule has 3 fully saturated rings. The van der Waals surface area contributed by atoms with E-state index in [9.17, 15) is 19.2 Å². The second-order valence-corrected chi connectivity index (χ2v) is 10.8. The molecule has 1 aliphatic carbocycles. The molecule has 4 amide bonds. The minimum absolute atomic E-state index is 0.00284. The molecule has 33 heavy (non-hydrogen) atoms. The molecule has 1 N–H and O–H groups in total. The van der Waals surface area contributed by atoms with Crippen molar-refractivity contribution in [2.24, 2.45) is 11.3 Å².